The number of allylic oxidation sites excluding steroid dienone is 1. The van der Waals surface area contributed by atoms with Crippen molar-refractivity contribution >= 4 is 5.91 Å². The highest BCUT2D eigenvalue weighted by molar-refractivity contribution is 5.76. The molecule has 3 nitrogen and oxygen atoms in total. The van der Waals surface area contributed by atoms with Crippen molar-refractivity contribution in [2.75, 3.05) is 6.61 Å². The molecule has 154 valence electrons. The van der Waals surface area contributed by atoms with Crippen molar-refractivity contribution in [1.29, 1.82) is 0 Å². The van der Waals surface area contributed by atoms with Gasteiger partial charge in [0.2, 0.25) is 5.91 Å². The van der Waals surface area contributed by atoms with Crippen LogP contribution in [0.1, 0.15) is 117 Å². The number of aliphatic hydroxyl groups is 1. The zero-order chi connectivity index (χ0) is 19.3. The predicted molar refractivity (Wildman–Crippen MR) is 113 cm³/mol. The smallest absolute Gasteiger partial charge is 0.220 e. The third-order valence-electron chi connectivity index (χ3n) is 4.90. The minimum Gasteiger partial charge on any atom is -0.394 e. The van der Waals surface area contributed by atoms with E-state index in [9.17, 15) is 9.90 Å². The van der Waals surface area contributed by atoms with Gasteiger partial charge in [0.1, 0.15) is 0 Å². The quantitative estimate of drug-likeness (QED) is 0.208. The summed E-state index contributed by atoms with van der Waals surface area (Å²) in [6.07, 6.45) is 23.8. The molecule has 1 atom stereocenters. The fraction of sp³-hybridized carbons (Fsp3) is 0.870. The normalized spacial score (nSPS) is 12.6. The van der Waals surface area contributed by atoms with Crippen LogP contribution in [0, 0.1) is 0 Å². The molecule has 0 spiro atoms. The largest absolute Gasteiger partial charge is 0.394 e. The van der Waals surface area contributed by atoms with Crippen LogP contribution in [0.15, 0.2) is 12.2 Å². The first-order chi connectivity index (χ1) is 12.7. The average Bonchev–Trinajstić information content (AvgIpc) is 2.65. The Kier molecular flexibility index (Phi) is 19.8. The van der Waals surface area contributed by atoms with Crippen molar-refractivity contribution in [3.8, 4) is 0 Å². The third-order valence-corrected chi connectivity index (χ3v) is 4.90. The van der Waals surface area contributed by atoms with Crippen molar-refractivity contribution in [3.63, 3.8) is 0 Å². The minimum absolute atomic E-state index is 0.0145. The van der Waals surface area contributed by atoms with Crippen LogP contribution in [-0.4, -0.2) is 23.7 Å². The minimum atomic E-state index is -0.132. The van der Waals surface area contributed by atoms with E-state index >= 15 is 0 Å². The molecular weight excluding hydrogens is 322 g/mol. The van der Waals surface area contributed by atoms with Crippen LogP contribution in [0.3, 0.4) is 0 Å². The number of aliphatic hydroxyl groups excluding tert-OH is 1. The molecule has 26 heavy (non-hydrogen) atoms. The maximum absolute atomic E-state index is 11.7. The van der Waals surface area contributed by atoms with E-state index in [4.69, 9.17) is 0 Å². The van der Waals surface area contributed by atoms with Crippen molar-refractivity contribution in [2.45, 2.75) is 123 Å². The summed E-state index contributed by atoms with van der Waals surface area (Å²) in [4.78, 5) is 11.7. The van der Waals surface area contributed by atoms with E-state index in [0.717, 1.165) is 25.7 Å². The zero-order valence-corrected chi connectivity index (χ0v) is 17.6. The fourth-order valence-electron chi connectivity index (χ4n) is 3.12. The molecule has 1 amide bonds. The van der Waals surface area contributed by atoms with Gasteiger partial charge in [-0.25, -0.2) is 0 Å². The molecule has 0 saturated heterocycles. The summed E-state index contributed by atoms with van der Waals surface area (Å²) in [6.45, 7) is 4.36. The summed E-state index contributed by atoms with van der Waals surface area (Å²) >= 11 is 0. The van der Waals surface area contributed by atoms with Crippen LogP contribution >= 0.6 is 0 Å². The van der Waals surface area contributed by atoms with E-state index < -0.39 is 0 Å². The van der Waals surface area contributed by atoms with Crippen molar-refractivity contribution in [1.82, 2.24) is 5.32 Å². The lowest BCUT2D eigenvalue weighted by molar-refractivity contribution is -0.122. The molecule has 0 radical (unpaired) electrons. The molecule has 0 fully saturated rings. The number of hydrogen-bond acceptors (Lipinski definition) is 2. The molecule has 3 heteroatoms. The van der Waals surface area contributed by atoms with E-state index in [1.165, 1.54) is 70.6 Å². The summed E-state index contributed by atoms with van der Waals surface area (Å²) in [6, 6.07) is -0.132. The summed E-state index contributed by atoms with van der Waals surface area (Å²) in [7, 11) is 0. The lowest BCUT2D eigenvalue weighted by Gasteiger charge is -2.14. The van der Waals surface area contributed by atoms with Gasteiger partial charge in [-0.1, -0.05) is 96.6 Å². The first-order valence-electron chi connectivity index (χ1n) is 11.3. The highest BCUT2D eigenvalue weighted by Gasteiger charge is 2.08. The third kappa shape index (κ3) is 18.0. The zero-order valence-electron chi connectivity index (χ0n) is 17.6. The van der Waals surface area contributed by atoms with E-state index in [1.807, 2.05) is 0 Å². The molecule has 0 saturated carbocycles. The van der Waals surface area contributed by atoms with E-state index in [0.29, 0.717) is 6.42 Å². The number of hydrogen-bond donors (Lipinski definition) is 2. The monoisotopic (exact) mass is 367 g/mol. The van der Waals surface area contributed by atoms with E-state index in [2.05, 4.69) is 31.3 Å². The van der Waals surface area contributed by atoms with Crippen LogP contribution in [-0.2, 0) is 4.79 Å². The SMILES string of the molecule is CCCCCCCCCCCCC/C=C/C[C@H](CO)NC(=O)CCCC. The van der Waals surface area contributed by atoms with Gasteiger partial charge >= 0.3 is 0 Å². The van der Waals surface area contributed by atoms with E-state index in [-0.39, 0.29) is 18.6 Å². The average molecular weight is 368 g/mol. The molecule has 0 rings (SSSR count). The van der Waals surface area contributed by atoms with Crippen LogP contribution < -0.4 is 5.32 Å². The number of unbranched alkanes of at least 4 members (excludes halogenated alkanes) is 12. The first kappa shape index (κ1) is 25.2. The first-order valence-corrected chi connectivity index (χ1v) is 11.3. The summed E-state index contributed by atoms with van der Waals surface area (Å²) in [5, 5.41) is 12.3. The molecule has 0 bridgehead atoms. The van der Waals surface area contributed by atoms with Crippen LogP contribution in [0.25, 0.3) is 0 Å². The topological polar surface area (TPSA) is 49.3 Å². The highest BCUT2D eigenvalue weighted by atomic mass is 16.3. The number of amides is 1. The predicted octanol–water partition coefficient (Wildman–Crippen LogP) is 6.30. The molecular formula is C23H45NO2. The molecule has 0 aliphatic heterocycles. The Balaban J connectivity index is 3.44. The second kappa shape index (κ2) is 20.5. The van der Waals surface area contributed by atoms with Gasteiger partial charge in [0.25, 0.3) is 0 Å². The molecule has 0 aromatic carbocycles. The Morgan fingerprint density at radius 1 is 0.808 bits per heavy atom. The second-order valence-electron chi connectivity index (χ2n) is 7.58. The van der Waals surface area contributed by atoms with Gasteiger partial charge in [0.05, 0.1) is 12.6 Å². The Morgan fingerprint density at radius 3 is 1.88 bits per heavy atom. The molecule has 0 aromatic rings. The summed E-state index contributed by atoms with van der Waals surface area (Å²) in [5.41, 5.74) is 0. The van der Waals surface area contributed by atoms with Crippen LogP contribution in [0.5, 0.6) is 0 Å². The summed E-state index contributed by atoms with van der Waals surface area (Å²) in [5.74, 6) is 0.0599. The Hall–Kier alpha value is -0.830. The van der Waals surface area contributed by atoms with Crippen molar-refractivity contribution in [3.05, 3.63) is 12.2 Å². The van der Waals surface area contributed by atoms with Gasteiger partial charge in [-0.3, -0.25) is 4.79 Å². The highest BCUT2D eigenvalue weighted by Crippen LogP contribution is 2.12. The second-order valence-corrected chi connectivity index (χ2v) is 7.58. The van der Waals surface area contributed by atoms with Gasteiger partial charge < -0.3 is 10.4 Å². The van der Waals surface area contributed by atoms with Crippen LogP contribution in [0.4, 0.5) is 0 Å². The standard InChI is InChI=1S/C23H45NO2/c1-3-5-7-8-9-10-11-12-13-14-15-16-17-18-19-22(21-25)24-23(26)20-6-4-2/h17-18,22,25H,3-16,19-21H2,1-2H3,(H,24,26)/b18-17+/t22-/m1/s1. The molecule has 0 aliphatic carbocycles. The molecule has 0 aliphatic rings. The number of rotatable bonds is 19. The van der Waals surface area contributed by atoms with Crippen molar-refractivity contribution < 1.29 is 9.90 Å². The van der Waals surface area contributed by atoms with Gasteiger partial charge in [0.15, 0.2) is 0 Å². The van der Waals surface area contributed by atoms with E-state index in [1.54, 1.807) is 0 Å². The fourth-order valence-corrected chi connectivity index (χ4v) is 3.12. The number of carbonyl (C=O) groups is 1. The maximum atomic E-state index is 11.7. The van der Waals surface area contributed by atoms with Crippen molar-refractivity contribution in [2.24, 2.45) is 0 Å². The lowest BCUT2D eigenvalue weighted by atomic mass is 10.1. The number of carbonyl (C=O) groups excluding carboxylic acids is 1. The van der Waals surface area contributed by atoms with Gasteiger partial charge in [0, 0.05) is 6.42 Å². The Morgan fingerprint density at radius 2 is 1.35 bits per heavy atom. The van der Waals surface area contributed by atoms with Gasteiger partial charge in [-0.2, -0.15) is 0 Å². The van der Waals surface area contributed by atoms with Gasteiger partial charge in [-0.05, 0) is 25.7 Å². The maximum Gasteiger partial charge on any atom is 0.220 e. The Labute approximate surface area is 163 Å². The molecule has 2 N–H and O–H groups in total. The number of nitrogens with one attached hydrogen (secondary N) is 1. The lowest BCUT2D eigenvalue weighted by Crippen LogP contribution is -2.36. The summed E-state index contributed by atoms with van der Waals surface area (Å²) < 4.78 is 0. The molecule has 0 aromatic heterocycles. The van der Waals surface area contributed by atoms with Gasteiger partial charge in [-0.15, -0.1) is 0 Å². The molecule has 0 unspecified atom stereocenters. The van der Waals surface area contributed by atoms with Crippen LogP contribution in [0.2, 0.25) is 0 Å². The Bertz CT molecular complexity index is 328. The molecule has 0 heterocycles.